The van der Waals surface area contributed by atoms with Crippen molar-refractivity contribution in [3.63, 3.8) is 0 Å². The maximum Gasteiger partial charge on any atom is 0.136 e. The Morgan fingerprint density at radius 2 is 0.982 bits per heavy atom. The third-order valence-electron chi connectivity index (χ3n) is 10.9. The van der Waals surface area contributed by atoms with E-state index >= 15 is 0 Å². The molecule has 0 aliphatic rings. The minimum atomic E-state index is 0.903. The van der Waals surface area contributed by atoms with Gasteiger partial charge in [0.2, 0.25) is 0 Å². The summed E-state index contributed by atoms with van der Waals surface area (Å²) >= 11 is 1.86. The predicted octanol–water partition coefficient (Wildman–Crippen LogP) is 15.6. The Labute approximate surface area is 322 Å². The van der Waals surface area contributed by atoms with Crippen molar-refractivity contribution in [1.82, 2.24) is 0 Å². The number of para-hydroxylation sites is 2. The Bertz CT molecular complexity index is 3220. The third kappa shape index (κ3) is 5.32. The van der Waals surface area contributed by atoms with E-state index in [1.54, 1.807) is 0 Å². The van der Waals surface area contributed by atoms with Crippen molar-refractivity contribution < 1.29 is 4.42 Å². The number of furan rings is 1. The summed E-state index contributed by atoms with van der Waals surface area (Å²) in [6.07, 6.45) is 0. The SMILES string of the molecule is c1cc(-c2ccccc2N(c2ccc(-c3ccc4c(c3)oc3ccccc34)cc2)c2cccc3c2sc2ccccc23)cc(-c2cccc3ccccc23)c1. The van der Waals surface area contributed by atoms with Crippen LogP contribution < -0.4 is 4.90 Å². The average molecular weight is 720 g/mol. The van der Waals surface area contributed by atoms with Gasteiger partial charge in [0.05, 0.1) is 16.1 Å². The van der Waals surface area contributed by atoms with E-state index in [0.29, 0.717) is 0 Å². The summed E-state index contributed by atoms with van der Waals surface area (Å²) in [5, 5.41) is 7.35. The Morgan fingerprint density at radius 3 is 1.89 bits per heavy atom. The Hall–Kier alpha value is -6.94. The zero-order valence-electron chi connectivity index (χ0n) is 29.8. The third-order valence-corrected chi connectivity index (χ3v) is 12.1. The Balaban J connectivity index is 1.08. The van der Waals surface area contributed by atoms with Crippen LogP contribution in [0.5, 0.6) is 0 Å². The number of fused-ring (bicyclic) bond motifs is 7. The van der Waals surface area contributed by atoms with Crippen molar-refractivity contribution in [2.45, 2.75) is 0 Å². The van der Waals surface area contributed by atoms with Crippen LogP contribution in [0.2, 0.25) is 0 Å². The van der Waals surface area contributed by atoms with Crippen LogP contribution in [0.4, 0.5) is 17.1 Å². The van der Waals surface area contributed by atoms with E-state index < -0.39 is 0 Å². The molecule has 258 valence electrons. The normalized spacial score (nSPS) is 11.6. The fraction of sp³-hybridized carbons (Fsp3) is 0. The lowest BCUT2D eigenvalue weighted by molar-refractivity contribution is 0.669. The topological polar surface area (TPSA) is 16.4 Å². The van der Waals surface area contributed by atoms with Crippen molar-refractivity contribution in [2.24, 2.45) is 0 Å². The molecule has 0 unspecified atom stereocenters. The molecule has 11 rings (SSSR count). The highest BCUT2D eigenvalue weighted by atomic mass is 32.1. The van der Waals surface area contributed by atoms with Crippen molar-refractivity contribution in [2.75, 3.05) is 4.90 Å². The predicted molar refractivity (Wildman–Crippen MR) is 235 cm³/mol. The second kappa shape index (κ2) is 12.9. The van der Waals surface area contributed by atoms with Gasteiger partial charge in [-0.25, -0.2) is 0 Å². The highest BCUT2D eigenvalue weighted by molar-refractivity contribution is 7.26. The van der Waals surface area contributed by atoms with Gasteiger partial charge in [-0.3, -0.25) is 0 Å². The highest BCUT2D eigenvalue weighted by Gasteiger charge is 2.21. The second-order valence-electron chi connectivity index (χ2n) is 14.1. The summed E-state index contributed by atoms with van der Waals surface area (Å²) in [7, 11) is 0. The lowest BCUT2D eigenvalue weighted by Crippen LogP contribution is -2.11. The molecule has 0 spiro atoms. The van der Waals surface area contributed by atoms with Gasteiger partial charge in [-0.05, 0) is 93.2 Å². The van der Waals surface area contributed by atoms with Gasteiger partial charge in [-0.1, -0.05) is 146 Å². The molecular formula is C52H33NOS. The average Bonchev–Trinajstić information content (AvgIpc) is 3.83. The van der Waals surface area contributed by atoms with E-state index in [2.05, 4.69) is 193 Å². The van der Waals surface area contributed by atoms with Gasteiger partial charge in [0.1, 0.15) is 11.2 Å². The maximum absolute atomic E-state index is 6.26. The van der Waals surface area contributed by atoms with E-state index in [1.165, 1.54) is 53.2 Å². The van der Waals surface area contributed by atoms with Gasteiger partial charge in [0.25, 0.3) is 0 Å². The summed E-state index contributed by atoms with van der Waals surface area (Å²) in [5.41, 5.74) is 12.2. The van der Waals surface area contributed by atoms with E-state index in [0.717, 1.165) is 50.1 Å². The fourth-order valence-electron chi connectivity index (χ4n) is 8.27. The number of thiophene rings is 1. The zero-order valence-corrected chi connectivity index (χ0v) is 30.6. The quantitative estimate of drug-likeness (QED) is 0.170. The Morgan fingerprint density at radius 1 is 0.364 bits per heavy atom. The molecule has 2 aromatic heterocycles. The van der Waals surface area contributed by atoms with Crippen LogP contribution in [0.3, 0.4) is 0 Å². The van der Waals surface area contributed by atoms with Crippen LogP contribution in [-0.4, -0.2) is 0 Å². The van der Waals surface area contributed by atoms with Crippen LogP contribution in [0.25, 0.3) is 86.3 Å². The summed E-state index contributed by atoms with van der Waals surface area (Å²) in [6.45, 7) is 0. The number of hydrogen-bond donors (Lipinski definition) is 0. The monoisotopic (exact) mass is 719 g/mol. The number of anilines is 3. The molecule has 0 atom stereocenters. The first-order chi connectivity index (χ1) is 27.3. The number of benzene rings is 9. The smallest absolute Gasteiger partial charge is 0.136 e. The molecule has 0 fully saturated rings. The van der Waals surface area contributed by atoms with Gasteiger partial charge in [-0.2, -0.15) is 0 Å². The summed E-state index contributed by atoms with van der Waals surface area (Å²) in [4.78, 5) is 2.45. The van der Waals surface area contributed by atoms with Crippen molar-refractivity contribution in [3.8, 4) is 33.4 Å². The molecule has 0 saturated carbocycles. The minimum absolute atomic E-state index is 0.903. The molecule has 0 bridgehead atoms. The van der Waals surface area contributed by atoms with Crippen LogP contribution >= 0.6 is 11.3 Å². The van der Waals surface area contributed by atoms with Crippen LogP contribution in [-0.2, 0) is 0 Å². The molecular weight excluding hydrogens is 687 g/mol. The Kier molecular flexibility index (Phi) is 7.39. The van der Waals surface area contributed by atoms with Crippen molar-refractivity contribution >= 4 is 81.3 Å². The lowest BCUT2D eigenvalue weighted by atomic mass is 9.94. The first-order valence-corrected chi connectivity index (χ1v) is 19.5. The molecule has 0 aliphatic carbocycles. The van der Waals surface area contributed by atoms with E-state index in [4.69, 9.17) is 4.42 Å². The van der Waals surface area contributed by atoms with Gasteiger partial charge in [0, 0.05) is 37.5 Å². The molecule has 0 N–H and O–H groups in total. The maximum atomic E-state index is 6.26. The molecule has 2 nitrogen and oxygen atoms in total. The van der Waals surface area contributed by atoms with E-state index in [-0.39, 0.29) is 0 Å². The minimum Gasteiger partial charge on any atom is -0.456 e. The molecule has 3 heteroatoms. The standard InChI is InChI=1S/C52H33NOS/c1-2-16-40-35(12-1)13-10-20-41(40)37-14-9-15-38(32-37)42-17-3-6-22-47(42)53(48-23-11-21-46-45-19-5-8-25-51(45)55-52(46)48)39-29-26-34(27-30-39)36-28-31-44-43-18-4-7-24-49(43)54-50(44)33-36/h1-33H. The number of nitrogens with zero attached hydrogens (tertiary/aromatic N) is 1. The van der Waals surface area contributed by atoms with E-state index in [1.807, 2.05) is 23.5 Å². The first-order valence-electron chi connectivity index (χ1n) is 18.7. The second-order valence-corrected chi connectivity index (χ2v) is 15.1. The molecule has 2 heterocycles. The summed E-state index contributed by atoms with van der Waals surface area (Å²) in [5.74, 6) is 0. The van der Waals surface area contributed by atoms with Crippen LogP contribution in [0.15, 0.2) is 205 Å². The molecule has 0 saturated heterocycles. The van der Waals surface area contributed by atoms with Crippen LogP contribution in [0, 0.1) is 0 Å². The molecule has 0 aliphatic heterocycles. The van der Waals surface area contributed by atoms with E-state index in [9.17, 15) is 0 Å². The largest absolute Gasteiger partial charge is 0.456 e. The number of hydrogen-bond acceptors (Lipinski definition) is 3. The fourth-order valence-corrected chi connectivity index (χ4v) is 9.48. The van der Waals surface area contributed by atoms with Gasteiger partial charge >= 0.3 is 0 Å². The number of rotatable bonds is 6. The lowest BCUT2D eigenvalue weighted by Gasteiger charge is -2.28. The zero-order chi connectivity index (χ0) is 36.3. The molecule has 55 heavy (non-hydrogen) atoms. The molecule has 0 amide bonds. The van der Waals surface area contributed by atoms with Crippen LogP contribution in [0.1, 0.15) is 0 Å². The van der Waals surface area contributed by atoms with Gasteiger partial charge < -0.3 is 9.32 Å². The molecule has 0 radical (unpaired) electrons. The molecule has 11 aromatic rings. The van der Waals surface area contributed by atoms with Gasteiger partial charge in [0.15, 0.2) is 0 Å². The first kappa shape index (κ1) is 31.6. The molecule has 9 aromatic carbocycles. The van der Waals surface area contributed by atoms with Crippen molar-refractivity contribution in [1.29, 1.82) is 0 Å². The van der Waals surface area contributed by atoms with Gasteiger partial charge in [-0.15, -0.1) is 11.3 Å². The van der Waals surface area contributed by atoms with Crippen molar-refractivity contribution in [3.05, 3.63) is 200 Å². The summed E-state index contributed by atoms with van der Waals surface area (Å²) in [6, 6.07) is 72.3. The highest BCUT2D eigenvalue weighted by Crippen LogP contribution is 2.48. The summed E-state index contributed by atoms with van der Waals surface area (Å²) < 4.78 is 8.82.